The molecule has 0 aromatic rings. The smallest absolute Gasteiger partial charge is 0.407 e. The van der Waals surface area contributed by atoms with Gasteiger partial charge in [0.2, 0.25) is 3.79 Å². The number of halogens is 3. The van der Waals surface area contributed by atoms with Crippen molar-refractivity contribution in [3.05, 3.63) is 0 Å². The fourth-order valence-electron chi connectivity index (χ4n) is 8.83. The molecule has 0 aliphatic heterocycles. The molecule has 1 amide bonds. The summed E-state index contributed by atoms with van der Waals surface area (Å²) in [7, 11) is 1.45. The SMILES string of the molecule is CCO[C@H]1C[C@@]2(C)[C@@H](CC[C@@H]3[C@@H]2[C@H](NC(=O)OCC(Cl)(Cl)Cl)C[C@]2(C)[C@@H](C(=O)OC)CC[C@@H]32)C[C@@H]1O. The minimum absolute atomic E-state index is 0.139. The summed E-state index contributed by atoms with van der Waals surface area (Å²) in [4.78, 5) is 25.7. The summed E-state index contributed by atoms with van der Waals surface area (Å²) in [5.74, 6) is 0.793. The van der Waals surface area contributed by atoms with Gasteiger partial charge in [0.15, 0.2) is 0 Å². The van der Waals surface area contributed by atoms with Crippen molar-refractivity contribution in [3.8, 4) is 0 Å². The number of hydrogen-bond acceptors (Lipinski definition) is 6. The summed E-state index contributed by atoms with van der Waals surface area (Å²) >= 11 is 17.4. The predicted molar refractivity (Wildman–Crippen MR) is 138 cm³/mol. The van der Waals surface area contributed by atoms with Crippen molar-refractivity contribution in [3.63, 3.8) is 0 Å². The Balaban J connectivity index is 1.67. The van der Waals surface area contributed by atoms with Gasteiger partial charge < -0.3 is 24.6 Å². The maximum Gasteiger partial charge on any atom is 0.407 e. The highest BCUT2D eigenvalue weighted by atomic mass is 35.6. The van der Waals surface area contributed by atoms with Gasteiger partial charge in [-0.05, 0) is 86.4 Å². The Hall–Kier alpha value is -0.470. The third kappa shape index (κ3) is 5.21. The molecule has 0 aromatic heterocycles. The minimum atomic E-state index is -1.70. The minimum Gasteiger partial charge on any atom is -0.469 e. The Morgan fingerprint density at radius 3 is 2.44 bits per heavy atom. The fraction of sp³-hybridized carbons (Fsp3) is 0.923. The number of carbonyl (C=O) groups excluding carboxylic acids is 2. The van der Waals surface area contributed by atoms with E-state index in [-0.39, 0.29) is 47.4 Å². The van der Waals surface area contributed by atoms with Crippen molar-refractivity contribution in [2.24, 2.45) is 40.4 Å². The number of amides is 1. The zero-order valence-electron chi connectivity index (χ0n) is 21.6. The lowest BCUT2D eigenvalue weighted by Crippen LogP contribution is -2.64. The highest BCUT2D eigenvalue weighted by molar-refractivity contribution is 6.67. The summed E-state index contributed by atoms with van der Waals surface area (Å²) < 4.78 is 14.8. The van der Waals surface area contributed by atoms with Crippen LogP contribution in [0, 0.1) is 40.4 Å². The quantitative estimate of drug-likeness (QED) is 0.347. The number of alkyl carbamates (subject to hydrolysis) is 1. The molecule has 2 N–H and O–H groups in total. The van der Waals surface area contributed by atoms with Gasteiger partial charge in [0.25, 0.3) is 0 Å². The molecule has 0 radical (unpaired) electrons. The van der Waals surface area contributed by atoms with Gasteiger partial charge in [0, 0.05) is 12.6 Å². The Morgan fingerprint density at radius 1 is 1.08 bits per heavy atom. The van der Waals surface area contributed by atoms with Crippen LogP contribution in [0.5, 0.6) is 0 Å². The molecule has 10 heteroatoms. The van der Waals surface area contributed by atoms with Crippen LogP contribution in [0.2, 0.25) is 0 Å². The van der Waals surface area contributed by atoms with Crippen LogP contribution in [-0.4, -0.2) is 59.5 Å². The van der Waals surface area contributed by atoms with E-state index in [1.807, 2.05) is 6.92 Å². The second-order valence-corrected chi connectivity index (χ2v) is 14.4. The van der Waals surface area contributed by atoms with Gasteiger partial charge in [-0.15, -0.1) is 0 Å². The van der Waals surface area contributed by atoms with Gasteiger partial charge in [-0.3, -0.25) is 4.79 Å². The average molecular weight is 569 g/mol. The Bertz CT molecular complexity index is 839. The van der Waals surface area contributed by atoms with Gasteiger partial charge in [-0.2, -0.15) is 0 Å². The number of ether oxygens (including phenoxy) is 3. The second-order valence-electron chi connectivity index (χ2n) is 11.9. The lowest BCUT2D eigenvalue weighted by molar-refractivity contribution is -0.181. The summed E-state index contributed by atoms with van der Waals surface area (Å²) in [6, 6.07) is -0.227. The third-order valence-corrected chi connectivity index (χ3v) is 10.5. The molecule has 4 aliphatic carbocycles. The first-order valence-electron chi connectivity index (χ1n) is 13.2. The fourth-order valence-corrected chi connectivity index (χ4v) is 9.00. The number of aliphatic hydroxyl groups is 1. The average Bonchev–Trinajstić information content (AvgIpc) is 3.14. The normalized spacial score (nSPS) is 44.1. The van der Waals surface area contributed by atoms with Crippen molar-refractivity contribution in [2.45, 2.75) is 87.8 Å². The van der Waals surface area contributed by atoms with Crippen molar-refractivity contribution in [1.82, 2.24) is 5.32 Å². The molecule has 4 rings (SSSR count). The van der Waals surface area contributed by atoms with Crippen LogP contribution in [0.3, 0.4) is 0 Å². The molecule has 4 aliphatic rings. The summed E-state index contributed by atoms with van der Waals surface area (Å²) in [6.07, 6.45) is 4.53. The largest absolute Gasteiger partial charge is 0.469 e. The number of aliphatic hydroxyl groups excluding tert-OH is 1. The van der Waals surface area contributed by atoms with Crippen LogP contribution < -0.4 is 5.32 Å². The van der Waals surface area contributed by atoms with Crippen LogP contribution in [0.15, 0.2) is 0 Å². The molecule has 0 spiro atoms. The van der Waals surface area contributed by atoms with Crippen molar-refractivity contribution in [1.29, 1.82) is 0 Å². The molecule has 10 atom stereocenters. The monoisotopic (exact) mass is 567 g/mol. The van der Waals surface area contributed by atoms with Crippen LogP contribution in [0.1, 0.15) is 65.7 Å². The van der Waals surface area contributed by atoms with Crippen molar-refractivity contribution in [2.75, 3.05) is 20.3 Å². The number of methoxy groups -OCH3 is 1. The number of hydrogen-bond donors (Lipinski definition) is 2. The molecule has 4 fully saturated rings. The Kier molecular flexibility index (Phi) is 8.40. The van der Waals surface area contributed by atoms with E-state index in [0.29, 0.717) is 37.2 Å². The topological polar surface area (TPSA) is 94.1 Å². The first-order chi connectivity index (χ1) is 16.8. The van der Waals surface area contributed by atoms with Crippen LogP contribution >= 0.6 is 34.8 Å². The predicted octanol–water partition coefficient (Wildman–Crippen LogP) is 5.27. The molecule has 4 saturated carbocycles. The lowest BCUT2D eigenvalue weighted by atomic mass is 9.43. The Labute approximate surface area is 229 Å². The molecule has 0 unspecified atom stereocenters. The number of alkyl halides is 3. The van der Waals surface area contributed by atoms with Gasteiger partial charge in [0.05, 0.1) is 25.2 Å². The first-order valence-corrected chi connectivity index (χ1v) is 14.3. The summed E-state index contributed by atoms with van der Waals surface area (Å²) in [5.41, 5.74) is -0.433. The van der Waals surface area contributed by atoms with E-state index in [4.69, 9.17) is 49.0 Å². The van der Waals surface area contributed by atoms with Gasteiger partial charge >= 0.3 is 12.1 Å². The third-order valence-electron chi connectivity index (χ3n) is 10.2. The molecule has 206 valence electrons. The zero-order chi connectivity index (χ0) is 26.5. The Morgan fingerprint density at radius 2 is 1.81 bits per heavy atom. The molecular weight excluding hydrogens is 529 g/mol. The van der Waals surface area contributed by atoms with Crippen molar-refractivity contribution >= 4 is 46.9 Å². The van der Waals surface area contributed by atoms with Crippen molar-refractivity contribution < 1.29 is 28.9 Å². The van der Waals surface area contributed by atoms with E-state index < -0.39 is 16.0 Å². The molecule has 0 bridgehead atoms. The first kappa shape index (κ1) is 28.5. The van der Waals surface area contributed by atoms with E-state index >= 15 is 0 Å². The molecule has 0 aromatic carbocycles. The number of rotatable bonds is 5. The molecule has 0 saturated heterocycles. The number of esters is 1. The van der Waals surface area contributed by atoms with Crippen LogP contribution in [0.25, 0.3) is 0 Å². The highest BCUT2D eigenvalue weighted by Gasteiger charge is 2.65. The zero-order valence-corrected chi connectivity index (χ0v) is 23.9. The lowest BCUT2D eigenvalue weighted by Gasteiger charge is -2.63. The molecule has 0 heterocycles. The summed E-state index contributed by atoms with van der Waals surface area (Å²) in [5, 5.41) is 13.9. The van der Waals surface area contributed by atoms with E-state index in [0.717, 1.165) is 32.1 Å². The molecular formula is C26H40Cl3NO6. The van der Waals surface area contributed by atoms with E-state index in [9.17, 15) is 14.7 Å². The maximum absolute atomic E-state index is 12.9. The van der Waals surface area contributed by atoms with Crippen LogP contribution in [-0.2, 0) is 19.0 Å². The van der Waals surface area contributed by atoms with E-state index in [1.54, 1.807) is 0 Å². The number of fused-ring (bicyclic) bond motifs is 5. The van der Waals surface area contributed by atoms with Gasteiger partial charge in [-0.1, -0.05) is 48.7 Å². The van der Waals surface area contributed by atoms with Gasteiger partial charge in [0.1, 0.15) is 6.61 Å². The van der Waals surface area contributed by atoms with Gasteiger partial charge in [-0.25, -0.2) is 4.79 Å². The highest BCUT2D eigenvalue weighted by Crippen LogP contribution is 2.67. The molecule has 36 heavy (non-hydrogen) atoms. The van der Waals surface area contributed by atoms with Crippen LogP contribution in [0.4, 0.5) is 4.79 Å². The second kappa shape index (κ2) is 10.6. The maximum atomic E-state index is 12.9. The standard InChI is InChI=1S/C26H40Cl3NO6/c1-5-35-20-12-24(2)14(10-19(20)31)6-7-15-16-8-9-17(22(32)34-4)25(16,3)11-18(21(15)24)30-23(33)36-13-26(27,28)29/h14-21,31H,5-13H2,1-4H3,(H,30,33)/t14-,15-,16-,17+,18+,19-,20-,21+,24-,25-/m0/s1. The summed E-state index contributed by atoms with van der Waals surface area (Å²) in [6.45, 7) is 6.64. The van der Waals surface area contributed by atoms with E-state index in [1.165, 1.54) is 7.11 Å². The van der Waals surface area contributed by atoms with E-state index in [2.05, 4.69) is 19.2 Å². The number of carbonyl (C=O) groups is 2. The number of nitrogens with one attached hydrogen (secondary N) is 1. The molecule has 7 nitrogen and oxygen atoms in total.